The monoisotopic (exact) mass is 587 g/mol. The Morgan fingerprint density at radius 2 is 1.68 bits per heavy atom. The van der Waals surface area contributed by atoms with E-state index in [1.165, 1.54) is 49.8 Å². The SMILES string of the molecule is COc1cc2nc(NC(=O)C(Oc3ccc(C#N)cc3)c3cccc(S(=O)c4ccc(F)cc4)c3)sc2cc1OC. The lowest BCUT2D eigenvalue weighted by Crippen LogP contribution is -2.25. The Balaban J connectivity index is 1.48. The summed E-state index contributed by atoms with van der Waals surface area (Å²) in [4.78, 5) is 19.0. The summed E-state index contributed by atoms with van der Waals surface area (Å²) < 4.78 is 44.2. The lowest BCUT2D eigenvalue weighted by atomic mass is 10.1. The first-order chi connectivity index (χ1) is 19.9. The van der Waals surface area contributed by atoms with Crippen LogP contribution < -0.4 is 19.5 Å². The molecule has 41 heavy (non-hydrogen) atoms. The number of benzene rings is 4. The van der Waals surface area contributed by atoms with E-state index in [2.05, 4.69) is 10.3 Å². The largest absolute Gasteiger partial charge is 0.493 e. The van der Waals surface area contributed by atoms with E-state index in [4.69, 9.17) is 19.5 Å². The van der Waals surface area contributed by atoms with E-state index in [1.807, 2.05) is 6.07 Å². The van der Waals surface area contributed by atoms with Gasteiger partial charge in [0.2, 0.25) is 6.10 Å². The van der Waals surface area contributed by atoms with Gasteiger partial charge in [0, 0.05) is 27.5 Å². The summed E-state index contributed by atoms with van der Waals surface area (Å²) in [6.45, 7) is 0. The molecule has 1 N–H and O–H groups in total. The molecule has 5 aromatic rings. The van der Waals surface area contributed by atoms with Crippen molar-refractivity contribution >= 4 is 43.4 Å². The van der Waals surface area contributed by atoms with E-state index in [0.717, 1.165) is 4.70 Å². The van der Waals surface area contributed by atoms with Crippen LogP contribution in [0.3, 0.4) is 0 Å². The quantitative estimate of drug-likeness (QED) is 0.217. The van der Waals surface area contributed by atoms with Gasteiger partial charge in [-0.1, -0.05) is 23.5 Å². The molecule has 0 bridgehead atoms. The molecule has 1 heterocycles. The van der Waals surface area contributed by atoms with Gasteiger partial charge < -0.3 is 14.2 Å². The molecule has 1 aromatic heterocycles. The number of hydrogen-bond donors (Lipinski definition) is 1. The number of ether oxygens (including phenoxy) is 3. The van der Waals surface area contributed by atoms with Gasteiger partial charge in [-0.25, -0.2) is 13.6 Å². The number of aromatic nitrogens is 1. The standard InChI is InChI=1S/C30H22FN3O5S2/c1-37-25-15-24-27(16-26(25)38-2)40-30(33-24)34-29(35)28(39-21-10-6-18(17-32)7-11-21)19-4-3-5-23(14-19)41(36)22-12-8-20(31)9-13-22/h3-16,28H,1-2H3,(H,33,34,35). The Hall–Kier alpha value is -4.79. The van der Waals surface area contributed by atoms with Crippen molar-refractivity contribution < 1.29 is 27.6 Å². The summed E-state index contributed by atoms with van der Waals surface area (Å²) in [6, 6.07) is 23.9. The number of fused-ring (bicyclic) bond motifs is 1. The van der Waals surface area contributed by atoms with Crippen molar-refractivity contribution in [2.24, 2.45) is 0 Å². The molecule has 1 amide bonds. The predicted molar refractivity (Wildman–Crippen MR) is 153 cm³/mol. The molecule has 8 nitrogen and oxygen atoms in total. The summed E-state index contributed by atoms with van der Waals surface area (Å²) in [5.41, 5.74) is 1.49. The number of amides is 1. The van der Waals surface area contributed by atoms with Gasteiger partial charge in [-0.3, -0.25) is 10.1 Å². The first kappa shape index (κ1) is 27.8. The van der Waals surface area contributed by atoms with Crippen LogP contribution in [0.2, 0.25) is 0 Å². The Bertz CT molecular complexity index is 1740. The number of methoxy groups -OCH3 is 2. The summed E-state index contributed by atoms with van der Waals surface area (Å²) in [5, 5.41) is 12.3. The first-order valence-corrected chi connectivity index (χ1v) is 14.1. The third-order valence-electron chi connectivity index (χ3n) is 6.00. The van der Waals surface area contributed by atoms with Gasteiger partial charge in [-0.15, -0.1) is 0 Å². The van der Waals surface area contributed by atoms with Gasteiger partial charge in [-0.05, 0) is 60.7 Å². The maximum Gasteiger partial charge on any atom is 0.271 e. The highest BCUT2D eigenvalue weighted by molar-refractivity contribution is 7.85. The van der Waals surface area contributed by atoms with Crippen molar-refractivity contribution in [3.63, 3.8) is 0 Å². The Morgan fingerprint density at radius 1 is 0.976 bits per heavy atom. The summed E-state index contributed by atoms with van der Waals surface area (Å²) in [6.07, 6.45) is -1.16. The smallest absolute Gasteiger partial charge is 0.271 e. The zero-order valence-electron chi connectivity index (χ0n) is 21.8. The molecule has 0 fully saturated rings. The fourth-order valence-electron chi connectivity index (χ4n) is 3.98. The number of nitrogens with zero attached hydrogens (tertiary/aromatic N) is 2. The molecule has 4 aromatic carbocycles. The van der Waals surface area contributed by atoms with Gasteiger partial charge in [0.1, 0.15) is 11.6 Å². The van der Waals surface area contributed by atoms with E-state index in [1.54, 1.807) is 60.7 Å². The maximum absolute atomic E-state index is 13.7. The molecule has 0 aliphatic heterocycles. The van der Waals surface area contributed by atoms with E-state index >= 15 is 0 Å². The van der Waals surface area contributed by atoms with Crippen LogP contribution in [0.1, 0.15) is 17.2 Å². The zero-order chi connectivity index (χ0) is 28.9. The van der Waals surface area contributed by atoms with E-state index in [9.17, 15) is 13.4 Å². The van der Waals surface area contributed by atoms with Crippen molar-refractivity contribution in [3.8, 4) is 23.3 Å². The first-order valence-electron chi connectivity index (χ1n) is 12.2. The molecule has 11 heteroatoms. The number of thiazole rings is 1. The molecule has 0 saturated carbocycles. The van der Waals surface area contributed by atoms with Crippen molar-refractivity contribution in [3.05, 3.63) is 102 Å². The molecule has 0 saturated heterocycles. The van der Waals surface area contributed by atoms with Crippen LogP contribution in [-0.4, -0.2) is 29.3 Å². The van der Waals surface area contributed by atoms with Crippen LogP contribution in [0.5, 0.6) is 17.2 Å². The van der Waals surface area contributed by atoms with Gasteiger partial charge >= 0.3 is 0 Å². The second-order valence-corrected chi connectivity index (χ2v) is 11.1. The molecule has 0 spiro atoms. The Morgan fingerprint density at radius 3 is 2.37 bits per heavy atom. The molecule has 2 unspecified atom stereocenters. The molecule has 0 aliphatic carbocycles. The number of hydrogen-bond acceptors (Lipinski definition) is 8. The van der Waals surface area contributed by atoms with Crippen LogP contribution in [0.15, 0.2) is 94.7 Å². The van der Waals surface area contributed by atoms with Gasteiger partial charge in [-0.2, -0.15) is 5.26 Å². The van der Waals surface area contributed by atoms with Gasteiger partial charge in [0.15, 0.2) is 16.6 Å². The Kier molecular flexibility index (Phi) is 8.24. The Labute approximate surface area is 241 Å². The van der Waals surface area contributed by atoms with Crippen molar-refractivity contribution in [1.29, 1.82) is 5.26 Å². The van der Waals surface area contributed by atoms with Crippen LogP contribution in [0.25, 0.3) is 10.2 Å². The number of halogens is 1. The highest BCUT2D eigenvalue weighted by Gasteiger charge is 2.25. The van der Waals surface area contributed by atoms with Crippen LogP contribution in [-0.2, 0) is 15.6 Å². The van der Waals surface area contributed by atoms with Gasteiger partial charge in [0.25, 0.3) is 5.91 Å². The average molecular weight is 588 g/mol. The summed E-state index contributed by atoms with van der Waals surface area (Å²) in [7, 11) is 1.44. The minimum atomic E-state index is -1.62. The fourth-order valence-corrected chi connectivity index (χ4v) is 5.96. The number of nitriles is 1. The van der Waals surface area contributed by atoms with Crippen LogP contribution in [0.4, 0.5) is 9.52 Å². The second-order valence-electron chi connectivity index (χ2n) is 8.61. The molecule has 0 radical (unpaired) electrons. The minimum Gasteiger partial charge on any atom is -0.493 e. The molecule has 206 valence electrons. The molecule has 2 atom stereocenters. The third-order valence-corrected chi connectivity index (χ3v) is 8.32. The van der Waals surface area contributed by atoms with Crippen molar-refractivity contribution in [2.75, 3.05) is 19.5 Å². The number of anilines is 1. The van der Waals surface area contributed by atoms with Crippen LogP contribution in [0, 0.1) is 17.1 Å². The number of carbonyl (C=O) groups excluding carboxylic acids is 1. The number of nitrogens with one attached hydrogen (secondary N) is 1. The van der Waals surface area contributed by atoms with E-state index in [-0.39, 0.29) is 0 Å². The lowest BCUT2D eigenvalue weighted by Gasteiger charge is -2.19. The highest BCUT2D eigenvalue weighted by Crippen LogP contribution is 2.36. The number of carbonyl (C=O) groups is 1. The topological polar surface area (TPSA) is 111 Å². The van der Waals surface area contributed by atoms with Crippen molar-refractivity contribution in [1.82, 2.24) is 4.98 Å². The second kappa shape index (κ2) is 12.2. The molecule has 5 rings (SSSR count). The van der Waals surface area contributed by atoms with E-state index < -0.39 is 28.6 Å². The molecular formula is C30H22FN3O5S2. The highest BCUT2D eigenvalue weighted by atomic mass is 32.2. The van der Waals surface area contributed by atoms with Crippen LogP contribution >= 0.6 is 11.3 Å². The number of rotatable bonds is 9. The lowest BCUT2D eigenvalue weighted by molar-refractivity contribution is -0.123. The fraction of sp³-hybridized carbons (Fsp3) is 0.100. The van der Waals surface area contributed by atoms with Crippen molar-refractivity contribution in [2.45, 2.75) is 15.9 Å². The zero-order valence-corrected chi connectivity index (χ0v) is 23.4. The minimum absolute atomic E-state index is 0.333. The van der Waals surface area contributed by atoms with Gasteiger partial charge in [0.05, 0.1) is 46.9 Å². The summed E-state index contributed by atoms with van der Waals surface area (Å²) in [5.74, 6) is 0.453. The molecular weight excluding hydrogens is 565 g/mol. The molecule has 0 aliphatic rings. The van der Waals surface area contributed by atoms with E-state index in [0.29, 0.717) is 48.8 Å². The average Bonchev–Trinajstić information content (AvgIpc) is 3.40. The predicted octanol–water partition coefficient (Wildman–Crippen LogP) is 6.25. The summed E-state index contributed by atoms with van der Waals surface area (Å²) >= 11 is 1.26. The normalized spacial score (nSPS) is 12.2. The third kappa shape index (κ3) is 6.19. The maximum atomic E-state index is 13.7.